The van der Waals surface area contributed by atoms with Crippen molar-refractivity contribution in [2.75, 3.05) is 12.4 Å². The Morgan fingerprint density at radius 2 is 1.95 bits per heavy atom. The van der Waals surface area contributed by atoms with E-state index in [0.29, 0.717) is 16.7 Å². The molecule has 14 heteroatoms. The fraction of sp³-hybridized carbons (Fsp3) is 0.586. The van der Waals surface area contributed by atoms with Gasteiger partial charge in [-0.1, -0.05) is 47.5 Å². The summed E-state index contributed by atoms with van der Waals surface area (Å²) in [6, 6.07) is 1.81. The number of thioether (sulfide) groups is 1. The minimum atomic E-state index is -1.23. The standard InChI is InChI=1S/C29H39BrN6O6S/c1-15-12-17-6-4-7-18(13-17)23(15)34-22(38)14-36-11-5-8-20(28(36)42)33-25(39)19(9-10-21(37)26(40)31-3)32-27(41)24-16(2)43-29(30)35-24/h5,8,11,15,17-19,23,29,35H,4,6-7,9-10,12-14H2,1-3H3,(H,31,40)(H,32,41)(H,33,39)(H,34,38)/t15?,17?,18?,19-,23?,29?/m0/s1. The van der Waals surface area contributed by atoms with Gasteiger partial charge in [-0.05, 0) is 62.5 Å². The van der Waals surface area contributed by atoms with Crippen LogP contribution in [-0.2, 0) is 30.5 Å². The van der Waals surface area contributed by atoms with Crippen LogP contribution < -0.4 is 32.1 Å². The number of fused-ring (bicyclic) bond motifs is 2. The van der Waals surface area contributed by atoms with Gasteiger partial charge in [0, 0.05) is 30.6 Å². The van der Waals surface area contributed by atoms with Crippen LogP contribution in [-0.4, -0.2) is 57.4 Å². The first kappa shape index (κ1) is 32.8. The molecule has 2 heterocycles. The van der Waals surface area contributed by atoms with E-state index in [1.807, 2.05) is 0 Å². The number of nitrogens with one attached hydrogen (secondary N) is 5. The Morgan fingerprint density at radius 3 is 2.65 bits per heavy atom. The van der Waals surface area contributed by atoms with Crippen LogP contribution in [0.25, 0.3) is 0 Å². The molecule has 4 rings (SSSR count). The number of amides is 4. The molecule has 2 saturated carbocycles. The molecule has 2 bridgehead atoms. The fourth-order valence-electron chi connectivity index (χ4n) is 6.34. The zero-order chi connectivity index (χ0) is 31.3. The third-order valence-corrected chi connectivity index (χ3v) is 10.1. The molecule has 0 radical (unpaired) electrons. The van der Waals surface area contributed by atoms with E-state index in [4.69, 9.17) is 0 Å². The van der Waals surface area contributed by atoms with Crippen LogP contribution in [0.1, 0.15) is 58.8 Å². The molecule has 3 aliphatic rings. The third kappa shape index (κ3) is 8.28. The van der Waals surface area contributed by atoms with Gasteiger partial charge < -0.3 is 31.2 Å². The number of allylic oxidation sites excluding steroid dienone is 1. The van der Waals surface area contributed by atoms with Gasteiger partial charge in [0.25, 0.3) is 17.4 Å². The molecule has 6 atom stereocenters. The quantitative estimate of drug-likeness (QED) is 0.134. The molecule has 5 unspecified atom stereocenters. The SMILES string of the molecule is CNC(=O)C(=O)CC[C@H](NC(=O)C1=C(C)SC(Br)N1)C(=O)Nc1cccn(CC(=O)NC2C(C)CC3CCCC2C3)c1=O. The lowest BCUT2D eigenvalue weighted by Gasteiger charge is -2.44. The predicted octanol–water partition coefficient (Wildman–Crippen LogP) is 1.94. The maximum absolute atomic E-state index is 13.3. The molecule has 0 spiro atoms. The highest BCUT2D eigenvalue weighted by atomic mass is 79.9. The number of carbonyl (C=O) groups excluding carboxylic acids is 5. The number of aromatic nitrogens is 1. The van der Waals surface area contributed by atoms with Crippen LogP contribution >= 0.6 is 27.7 Å². The van der Waals surface area contributed by atoms with E-state index < -0.39 is 35.1 Å². The number of pyridine rings is 1. The normalized spacial score (nSPS) is 25.3. The molecular weight excluding hydrogens is 640 g/mol. The largest absolute Gasteiger partial charge is 0.359 e. The zero-order valence-electron chi connectivity index (χ0n) is 24.5. The molecule has 4 amide bonds. The van der Waals surface area contributed by atoms with Gasteiger partial charge in [-0.3, -0.25) is 28.8 Å². The van der Waals surface area contributed by atoms with Crippen molar-refractivity contribution in [1.29, 1.82) is 0 Å². The van der Waals surface area contributed by atoms with Gasteiger partial charge >= 0.3 is 0 Å². The second kappa shape index (κ2) is 14.6. The van der Waals surface area contributed by atoms with Gasteiger partial charge in [0.05, 0.1) is 0 Å². The Balaban J connectivity index is 1.44. The topological polar surface area (TPSA) is 168 Å². The summed E-state index contributed by atoms with van der Waals surface area (Å²) >= 11 is 4.75. The smallest absolute Gasteiger partial charge is 0.287 e. The lowest BCUT2D eigenvalue weighted by molar-refractivity contribution is -0.137. The first-order chi connectivity index (χ1) is 20.5. The van der Waals surface area contributed by atoms with Crippen molar-refractivity contribution in [3.8, 4) is 0 Å². The summed E-state index contributed by atoms with van der Waals surface area (Å²) in [4.78, 5) is 77.1. The lowest BCUT2D eigenvalue weighted by Crippen LogP contribution is -2.50. The molecule has 12 nitrogen and oxygen atoms in total. The average Bonchev–Trinajstić information content (AvgIpc) is 3.32. The first-order valence-electron chi connectivity index (χ1n) is 14.6. The first-order valence-corrected chi connectivity index (χ1v) is 16.4. The zero-order valence-corrected chi connectivity index (χ0v) is 26.9. The number of Topliss-reactive ketones (excluding diaryl/α,β-unsaturated/α-hetero) is 1. The third-order valence-electron chi connectivity index (χ3n) is 8.45. The van der Waals surface area contributed by atoms with E-state index in [1.165, 1.54) is 48.5 Å². The Kier molecular flexibility index (Phi) is 11.1. The number of anilines is 1. The number of ketones is 1. The Labute approximate surface area is 263 Å². The van der Waals surface area contributed by atoms with Gasteiger partial charge in [-0.15, -0.1) is 0 Å². The van der Waals surface area contributed by atoms with E-state index in [0.717, 1.165) is 25.2 Å². The van der Waals surface area contributed by atoms with E-state index in [9.17, 15) is 28.8 Å². The van der Waals surface area contributed by atoms with E-state index in [-0.39, 0.29) is 47.0 Å². The lowest BCUT2D eigenvalue weighted by atomic mass is 9.65. The van der Waals surface area contributed by atoms with Crippen molar-refractivity contribution >= 4 is 62.8 Å². The Bertz CT molecular complexity index is 1360. The molecule has 1 aromatic heterocycles. The molecule has 1 aliphatic heterocycles. The molecular formula is C29H39BrN6O6S. The van der Waals surface area contributed by atoms with Crippen molar-refractivity contribution in [2.24, 2.45) is 17.8 Å². The van der Waals surface area contributed by atoms with Gasteiger partial charge in [0.1, 0.15) is 28.3 Å². The maximum atomic E-state index is 13.3. The number of hydrogen-bond donors (Lipinski definition) is 5. The molecule has 1 aromatic rings. The molecule has 43 heavy (non-hydrogen) atoms. The Hall–Kier alpha value is -3.13. The summed E-state index contributed by atoms with van der Waals surface area (Å²) in [7, 11) is 1.32. The van der Waals surface area contributed by atoms with Gasteiger partial charge in [0.15, 0.2) is 0 Å². The minimum Gasteiger partial charge on any atom is -0.359 e. The number of likely N-dealkylation sites (N-methyl/N-ethyl adjacent to an activating group) is 1. The van der Waals surface area contributed by atoms with E-state index in [2.05, 4.69) is 49.4 Å². The number of rotatable bonds is 11. The van der Waals surface area contributed by atoms with E-state index in [1.54, 1.807) is 13.0 Å². The van der Waals surface area contributed by atoms with Crippen molar-refractivity contribution in [1.82, 2.24) is 25.8 Å². The fourth-order valence-corrected chi connectivity index (χ4v) is 8.17. The van der Waals surface area contributed by atoms with Crippen LogP contribution in [0.2, 0.25) is 0 Å². The molecule has 5 N–H and O–H groups in total. The molecule has 0 saturated heterocycles. The maximum Gasteiger partial charge on any atom is 0.287 e. The second-order valence-electron chi connectivity index (χ2n) is 11.5. The Morgan fingerprint density at radius 1 is 1.19 bits per heavy atom. The summed E-state index contributed by atoms with van der Waals surface area (Å²) in [5, 5.41) is 13.5. The molecule has 2 aliphatic carbocycles. The van der Waals surface area contributed by atoms with Gasteiger partial charge in [-0.2, -0.15) is 0 Å². The van der Waals surface area contributed by atoms with Crippen LogP contribution in [0.15, 0.2) is 33.7 Å². The molecule has 0 aromatic carbocycles. The number of carbonyl (C=O) groups is 5. The molecule has 2 fully saturated rings. The van der Waals surface area contributed by atoms with Gasteiger partial charge in [-0.25, -0.2) is 0 Å². The predicted molar refractivity (Wildman–Crippen MR) is 167 cm³/mol. The summed E-state index contributed by atoms with van der Waals surface area (Å²) in [5.74, 6) is -1.57. The van der Waals surface area contributed by atoms with Crippen LogP contribution in [0, 0.1) is 17.8 Å². The summed E-state index contributed by atoms with van der Waals surface area (Å²) < 4.78 is 1.02. The van der Waals surface area contributed by atoms with Crippen molar-refractivity contribution in [3.63, 3.8) is 0 Å². The van der Waals surface area contributed by atoms with Crippen molar-refractivity contribution in [2.45, 2.75) is 81.7 Å². The second-order valence-corrected chi connectivity index (χ2v) is 14.4. The monoisotopic (exact) mass is 678 g/mol. The highest BCUT2D eigenvalue weighted by Gasteiger charge is 2.38. The molecule has 234 valence electrons. The average molecular weight is 680 g/mol. The van der Waals surface area contributed by atoms with Crippen LogP contribution in [0.4, 0.5) is 5.69 Å². The summed E-state index contributed by atoms with van der Waals surface area (Å²) in [6.45, 7) is 3.72. The summed E-state index contributed by atoms with van der Waals surface area (Å²) in [6.07, 6.45) is 6.77. The van der Waals surface area contributed by atoms with Crippen LogP contribution in [0.3, 0.4) is 0 Å². The number of hydrogen-bond acceptors (Lipinski definition) is 8. The van der Waals surface area contributed by atoms with Crippen molar-refractivity contribution < 1.29 is 24.0 Å². The van der Waals surface area contributed by atoms with Crippen molar-refractivity contribution in [3.05, 3.63) is 39.3 Å². The summed E-state index contributed by atoms with van der Waals surface area (Å²) in [5.41, 5.74) is -0.392. The van der Waals surface area contributed by atoms with Gasteiger partial charge in [0.2, 0.25) is 17.6 Å². The van der Waals surface area contributed by atoms with E-state index >= 15 is 0 Å². The number of halogens is 1. The number of nitrogens with zero attached hydrogens (tertiary/aromatic N) is 1. The highest BCUT2D eigenvalue weighted by Crippen LogP contribution is 2.42. The number of alkyl halides is 1. The van der Waals surface area contributed by atoms with Crippen LogP contribution in [0.5, 0.6) is 0 Å². The highest BCUT2D eigenvalue weighted by molar-refractivity contribution is 9.11. The minimum absolute atomic E-state index is 0.0795.